The molecule has 0 aliphatic carbocycles. The van der Waals surface area contributed by atoms with Gasteiger partial charge in [-0.3, -0.25) is 4.68 Å². The summed E-state index contributed by atoms with van der Waals surface area (Å²) in [6, 6.07) is 7.67. The predicted octanol–water partition coefficient (Wildman–Crippen LogP) is 1.65. The van der Waals surface area contributed by atoms with Crippen LogP contribution in [0.25, 0.3) is 5.82 Å². The second kappa shape index (κ2) is 8.45. The summed E-state index contributed by atoms with van der Waals surface area (Å²) in [6.45, 7) is 1.16. The van der Waals surface area contributed by atoms with Crippen LogP contribution in [-0.4, -0.2) is 63.7 Å². The largest absolute Gasteiger partial charge is 0.493 e. The van der Waals surface area contributed by atoms with Gasteiger partial charge in [0.2, 0.25) is 0 Å². The van der Waals surface area contributed by atoms with E-state index in [1.807, 2.05) is 36.0 Å². The van der Waals surface area contributed by atoms with Crippen LogP contribution >= 0.6 is 0 Å². The van der Waals surface area contributed by atoms with Crippen LogP contribution in [0.5, 0.6) is 11.5 Å². The van der Waals surface area contributed by atoms with Gasteiger partial charge in [0.25, 0.3) is 0 Å². The number of aliphatic hydroxyl groups excluding tert-OH is 1. The highest BCUT2D eigenvalue weighted by molar-refractivity contribution is 5.43. The van der Waals surface area contributed by atoms with Crippen molar-refractivity contribution >= 4 is 0 Å². The highest BCUT2D eigenvalue weighted by atomic mass is 16.5. The monoisotopic (exact) mass is 413 g/mol. The van der Waals surface area contributed by atoms with Crippen LogP contribution in [0.15, 0.2) is 30.5 Å². The molecule has 0 saturated carbocycles. The van der Waals surface area contributed by atoms with Crippen LogP contribution in [-0.2, 0) is 23.6 Å². The summed E-state index contributed by atoms with van der Waals surface area (Å²) in [5.74, 6) is 3.55. The van der Waals surface area contributed by atoms with Gasteiger partial charge in [-0.25, -0.2) is 4.98 Å². The third-order valence-electron chi connectivity index (χ3n) is 5.70. The first-order chi connectivity index (χ1) is 14.6. The van der Waals surface area contributed by atoms with E-state index in [0.717, 1.165) is 17.2 Å². The van der Waals surface area contributed by atoms with Gasteiger partial charge in [0.05, 0.1) is 32.4 Å². The Morgan fingerprint density at radius 2 is 1.90 bits per heavy atom. The summed E-state index contributed by atoms with van der Waals surface area (Å²) >= 11 is 0. The SMILES string of the molecule is COc1ccc(Cc2nc(C3(CO)CCOCC3)n(-c3ccnn3C)n2)cc1OC. The fourth-order valence-corrected chi connectivity index (χ4v) is 3.90. The number of aryl methyl sites for hydroxylation is 1. The molecule has 9 nitrogen and oxygen atoms in total. The molecule has 1 fully saturated rings. The smallest absolute Gasteiger partial charge is 0.161 e. The molecule has 2 aromatic heterocycles. The summed E-state index contributed by atoms with van der Waals surface area (Å²) < 4.78 is 19.8. The maximum Gasteiger partial charge on any atom is 0.161 e. The fraction of sp³-hybridized carbons (Fsp3) is 0.476. The lowest BCUT2D eigenvalue weighted by Gasteiger charge is -2.34. The van der Waals surface area contributed by atoms with E-state index >= 15 is 0 Å². The highest BCUT2D eigenvalue weighted by Crippen LogP contribution is 2.35. The molecule has 0 unspecified atom stereocenters. The normalized spacial score (nSPS) is 15.9. The Kier molecular flexibility index (Phi) is 5.74. The van der Waals surface area contributed by atoms with Crippen molar-refractivity contribution in [3.63, 3.8) is 0 Å². The van der Waals surface area contributed by atoms with Crippen molar-refractivity contribution in [1.82, 2.24) is 24.5 Å². The third-order valence-corrected chi connectivity index (χ3v) is 5.70. The van der Waals surface area contributed by atoms with Crippen LogP contribution < -0.4 is 9.47 Å². The average molecular weight is 413 g/mol. The van der Waals surface area contributed by atoms with Crippen molar-refractivity contribution in [3.05, 3.63) is 47.7 Å². The number of hydrogen-bond donors (Lipinski definition) is 1. The van der Waals surface area contributed by atoms with E-state index in [4.69, 9.17) is 24.3 Å². The third kappa shape index (κ3) is 3.66. The summed E-state index contributed by atoms with van der Waals surface area (Å²) in [6.07, 6.45) is 3.63. The summed E-state index contributed by atoms with van der Waals surface area (Å²) in [7, 11) is 5.10. The Morgan fingerprint density at radius 1 is 1.13 bits per heavy atom. The summed E-state index contributed by atoms with van der Waals surface area (Å²) in [5.41, 5.74) is 0.511. The first kappa shape index (κ1) is 20.4. The zero-order chi connectivity index (χ0) is 21.1. The first-order valence-electron chi connectivity index (χ1n) is 9.94. The van der Waals surface area contributed by atoms with Crippen LogP contribution in [0.3, 0.4) is 0 Å². The first-order valence-corrected chi connectivity index (χ1v) is 9.94. The Bertz CT molecular complexity index is 1010. The second-order valence-electron chi connectivity index (χ2n) is 7.49. The van der Waals surface area contributed by atoms with E-state index < -0.39 is 5.41 Å². The lowest BCUT2D eigenvalue weighted by atomic mass is 9.80. The Labute approximate surface area is 175 Å². The molecule has 3 aromatic rings. The van der Waals surface area contributed by atoms with Gasteiger partial charge in [-0.2, -0.15) is 9.78 Å². The molecular weight excluding hydrogens is 386 g/mol. The number of aromatic nitrogens is 5. The molecule has 1 saturated heterocycles. The van der Waals surface area contributed by atoms with Crippen molar-refractivity contribution in [2.24, 2.45) is 7.05 Å². The quantitative estimate of drug-likeness (QED) is 0.629. The summed E-state index contributed by atoms with van der Waals surface area (Å²) in [4.78, 5) is 4.89. The van der Waals surface area contributed by atoms with Crippen molar-refractivity contribution in [2.75, 3.05) is 34.0 Å². The minimum absolute atomic E-state index is 0.0112. The molecule has 0 spiro atoms. The number of benzene rings is 1. The Balaban J connectivity index is 1.75. The molecule has 9 heteroatoms. The van der Waals surface area contributed by atoms with Crippen LogP contribution in [0.1, 0.15) is 30.1 Å². The molecule has 0 radical (unpaired) electrons. The van der Waals surface area contributed by atoms with E-state index in [1.165, 1.54) is 0 Å². The van der Waals surface area contributed by atoms with Gasteiger partial charge in [-0.05, 0) is 30.5 Å². The Hall–Kier alpha value is -2.91. The van der Waals surface area contributed by atoms with Gasteiger partial charge in [0, 0.05) is 32.7 Å². The standard InChI is InChI=1S/C21H27N5O4/c1-25-19(6-9-22-25)26-20(21(14-27)7-10-30-11-8-21)23-18(24-26)13-15-4-5-16(28-2)17(12-15)29-3/h4-6,9,12,27H,7-8,10-11,13-14H2,1-3H3. The highest BCUT2D eigenvalue weighted by Gasteiger charge is 2.39. The van der Waals surface area contributed by atoms with Gasteiger partial charge < -0.3 is 19.3 Å². The zero-order valence-corrected chi connectivity index (χ0v) is 17.5. The van der Waals surface area contributed by atoms with E-state index in [-0.39, 0.29) is 6.61 Å². The van der Waals surface area contributed by atoms with Crippen molar-refractivity contribution in [1.29, 1.82) is 0 Å². The minimum atomic E-state index is -0.495. The predicted molar refractivity (Wildman–Crippen MR) is 109 cm³/mol. The molecule has 0 atom stereocenters. The summed E-state index contributed by atoms with van der Waals surface area (Å²) in [5, 5.41) is 19.4. The topological polar surface area (TPSA) is 96.5 Å². The number of nitrogens with zero attached hydrogens (tertiary/aromatic N) is 5. The molecular formula is C21H27N5O4. The van der Waals surface area contributed by atoms with E-state index in [9.17, 15) is 5.11 Å². The number of methoxy groups -OCH3 is 2. The lowest BCUT2D eigenvalue weighted by molar-refractivity contribution is 0.0207. The molecule has 0 amide bonds. The fourth-order valence-electron chi connectivity index (χ4n) is 3.90. The van der Waals surface area contributed by atoms with Crippen LogP contribution in [0, 0.1) is 0 Å². The molecule has 1 aliphatic rings. The number of hydrogen-bond acceptors (Lipinski definition) is 7. The Morgan fingerprint density at radius 3 is 2.53 bits per heavy atom. The average Bonchev–Trinajstić information content (AvgIpc) is 3.40. The van der Waals surface area contributed by atoms with E-state index in [2.05, 4.69) is 5.10 Å². The van der Waals surface area contributed by atoms with Crippen molar-refractivity contribution < 1.29 is 19.3 Å². The van der Waals surface area contributed by atoms with Crippen molar-refractivity contribution in [2.45, 2.75) is 24.7 Å². The molecule has 1 aromatic carbocycles. The maximum absolute atomic E-state index is 10.3. The van der Waals surface area contributed by atoms with E-state index in [0.29, 0.717) is 49.8 Å². The second-order valence-corrected chi connectivity index (χ2v) is 7.49. The maximum atomic E-state index is 10.3. The van der Waals surface area contributed by atoms with Crippen molar-refractivity contribution in [3.8, 4) is 17.3 Å². The van der Waals surface area contributed by atoms with Crippen LogP contribution in [0.4, 0.5) is 0 Å². The molecule has 1 N–H and O–H groups in total. The minimum Gasteiger partial charge on any atom is -0.493 e. The molecule has 3 heterocycles. The van der Waals surface area contributed by atoms with Crippen LogP contribution in [0.2, 0.25) is 0 Å². The lowest BCUT2D eigenvalue weighted by Crippen LogP contribution is -2.40. The molecule has 160 valence electrons. The van der Waals surface area contributed by atoms with Gasteiger partial charge in [-0.15, -0.1) is 5.10 Å². The van der Waals surface area contributed by atoms with Gasteiger partial charge in [0.1, 0.15) is 5.82 Å². The number of ether oxygens (including phenoxy) is 3. The van der Waals surface area contributed by atoms with Gasteiger partial charge in [-0.1, -0.05) is 6.07 Å². The number of rotatable bonds is 7. The molecule has 4 rings (SSSR count). The zero-order valence-electron chi connectivity index (χ0n) is 17.5. The van der Waals surface area contributed by atoms with Gasteiger partial charge in [0.15, 0.2) is 23.1 Å². The molecule has 1 aliphatic heterocycles. The van der Waals surface area contributed by atoms with Gasteiger partial charge >= 0.3 is 0 Å². The molecule has 0 bridgehead atoms. The molecule has 30 heavy (non-hydrogen) atoms. The van der Waals surface area contributed by atoms with E-state index in [1.54, 1.807) is 25.1 Å². The number of aliphatic hydroxyl groups is 1.